The molecule has 2 rings (SSSR count). The Bertz CT molecular complexity index is 734. The zero-order valence-electron chi connectivity index (χ0n) is 13.7. The molecule has 0 aliphatic rings. The largest absolute Gasteiger partial charge is 0.346 e. The first kappa shape index (κ1) is 17.4. The lowest BCUT2D eigenvalue weighted by Crippen LogP contribution is -2.26. The number of carbonyl (C=O) groups is 1. The number of non-ortho nitro benzene ring substituents is 1. The molecule has 0 spiro atoms. The molecule has 1 amide bonds. The standard InChI is InChI=1S/C19H20N2O3/c1-3-18(16-9-4-14(2)5-10-16)20-19(22)13-8-15-6-11-17(12-7-15)21(23)24/h4-13,18H,3H2,1-2H3,(H,20,22)/b13-8+. The number of carbonyl (C=O) groups excluding carboxylic acids is 1. The molecule has 1 atom stereocenters. The lowest BCUT2D eigenvalue weighted by molar-refractivity contribution is -0.384. The number of nitrogens with one attached hydrogen (secondary N) is 1. The normalized spacial score (nSPS) is 12.1. The van der Waals surface area contributed by atoms with Crippen molar-refractivity contribution in [1.29, 1.82) is 0 Å². The van der Waals surface area contributed by atoms with Gasteiger partial charge in [0, 0.05) is 18.2 Å². The summed E-state index contributed by atoms with van der Waals surface area (Å²) in [6, 6.07) is 14.1. The predicted octanol–water partition coefficient (Wildman–Crippen LogP) is 4.18. The van der Waals surface area contributed by atoms with Gasteiger partial charge >= 0.3 is 0 Å². The first-order valence-electron chi connectivity index (χ1n) is 7.79. The van der Waals surface area contributed by atoms with Crippen LogP contribution in [-0.4, -0.2) is 10.8 Å². The summed E-state index contributed by atoms with van der Waals surface area (Å²) in [4.78, 5) is 22.3. The average Bonchev–Trinajstić information content (AvgIpc) is 2.59. The highest BCUT2D eigenvalue weighted by molar-refractivity contribution is 5.92. The Balaban J connectivity index is 2.00. The van der Waals surface area contributed by atoms with Crippen molar-refractivity contribution in [2.75, 3.05) is 0 Å². The molecular formula is C19H20N2O3. The van der Waals surface area contributed by atoms with E-state index >= 15 is 0 Å². The van der Waals surface area contributed by atoms with Crippen LogP contribution in [0.15, 0.2) is 54.6 Å². The van der Waals surface area contributed by atoms with Crippen LogP contribution in [0.25, 0.3) is 6.08 Å². The third kappa shape index (κ3) is 4.78. The van der Waals surface area contributed by atoms with E-state index in [0.717, 1.165) is 17.5 Å². The van der Waals surface area contributed by atoms with Gasteiger partial charge in [-0.25, -0.2) is 0 Å². The van der Waals surface area contributed by atoms with Gasteiger partial charge in [0.15, 0.2) is 0 Å². The molecule has 2 aromatic rings. The minimum absolute atomic E-state index is 0.0296. The highest BCUT2D eigenvalue weighted by Crippen LogP contribution is 2.17. The van der Waals surface area contributed by atoms with E-state index in [0.29, 0.717) is 0 Å². The summed E-state index contributed by atoms with van der Waals surface area (Å²) in [5.74, 6) is -0.194. The van der Waals surface area contributed by atoms with Crippen LogP contribution in [0.5, 0.6) is 0 Å². The van der Waals surface area contributed by atoms with E-state index in [9.17, 15) is 14.9 Å². The summed E-state index contributed by atoms with van der Waals surface area (Å²) < 4.78 is 0. The van der Waals surface area contributed by atoms with E-state index in [2.05, 4.69) is 5.32 Å². The molecule has 0 bridgehead atoms. The summed E-state index contributed by atoms with van der Waals surface area (Å²) in [7, 11) is 0. The molecule has 1 unspecified atom stereocenters. The van der Waals surface area contributed by atoms with Crippen molar-refractivity contribution in [2.45, 2.75) is 26.3 Å². The van der Waals surface area contributed by atoms with Crippen molar-refractivity contribution in [3.8, 4) is 0 Å². The lowest BCUT2D eigenvalue weighted by Gasteiger charge is -2.16. The van der Waals surface area contributed by atoms with Gasteiger partial charge < -0.3 is 5.32 Å². The second kappa shape index (κ2) is 8.06. The average molecular weight is 324 g/mol. The number of hydrogen-bond acceptors (Lipinski definition) is 3. The maximum Gasteiger partial charge on any atom is 0.269 e. The van der Waals surface area contributed by atoms with E-state index in [1.165, 1.54) is 23.8 Å². The summed E-state index contributed by atoms with van der Waals surface area (Å²) in [6.07, 6.45) is 3.87. The maximum atomic E-state index is 12.1. The fourth-order valence-corrected chi connectivity index (χ4v) is 2.32. The van der Waals surface area contributed by atoms with Crippen LogP contribution < -0.4 is 5.32 Å². The molecule has 0 aromatic heterocycles. The molecule has 0 fully saturated rings. The SMILES string of the molecule is CCC(NC(=O)/C=C/c1ccc([N+](=O)[O-])cc1)c1ccc(C)cc1. The number of rotatable bonds is 6. The molecule has 5 heteroatoms. The van der Waals surface area contributed by atoms with Gasteiger partial charge in [0.05, 0.1) is 11.0 Å². The van der Waals surface area contributed by atoms with Gasteiger partial charge in [-0.05, 0) is 42.7 Å². The zero-order chi connectivity index (χ0) is 17.5. The zero-order valence-corrected chi connectivity index (χ0v) is 13.7. The van der Waals surface area contributed by atoms with Gasteiger partial charge in [0.2, 0.25) is 5.91 Å². The number of nitro benzene ring substituents is 1. The van der Waals surface area contributed by atoms with Crippen LogP contribution >= 0.6 is 0 Å². The molecule has 0 aliphatic heterocycles. The van der Waals surface area contributed by atoms with Crippen LogP contribution in [0.4, 0.5) is 5.69 Å². The second-order valence-corrected chi connectivity index (χ2v) is 5.56. The van der Waals surface area contributed by atoms with E-state index in [4.69, 9.17) is 0 Å². The van der Waals surface area contributed by atoms with Crippen LogP contribution in [0.2, 0.25) is 0 Å². The number of aryl methyl sites for hydroxylation is 1. The highest BCUT2D eigenvalue weighted by atomic mass is 16.6. The Kier molecular flexibility index (Phi) is 5.84. The third-order valence-corrected chi connectivity index (χ3v) is 3.74. The Morgan fingerprint density at radius 2 is 1.79 bits per heavy atom. The van der Waals surface area contributed by atoms with Crippen LogP contribution in [0, 0.1) is 17.0 Å². The van der Waals surface area contributed by atoms with E-state index in [-0.39, 0.29) is 17.6 Å². The second-order valence-electron chi connectivity index (χ2n) is 5.56. The Morgan fingerprint density at radius 1 is 1.17 bits per heavy atom. The Hall–Kier alpha value is -2.95. The number of nitrogens with zero attached hydrogens (tertiary/aromatic N) is 1. The van der Waals surface area contributed by atoms with Gasteiger partial charge in [0.25, 0.3) is 5.69 Å². The van der Waals surface area contributed by atoms with Gasteiger partial charge in [0.1, 0.15) is 0 Å². The maximum absolute atomic E-state index is 12.1. The van der Waals surface area contributed by atoms with Crippen molar-refractivity contribution >= 4 is 17.7 Å². The minimum atomic E-state index is -0.451. The first-order valence-corrected chi connectivity index (χ1v) is 7.79. The Labute approximate surface area is 141 Å². The molecule has 0 heterocycles. The summed E-state index contributed by atoms with van der Waals surface area (Å²) in [6.45, 7) is 4.04. The third-order valence-electron chi connectivity index (χ3n) is 3.74. The van der Waals surface area contributed by atoms with Gasteiger partial charge in [-0.2, -0.15) is 0 Å². The van der Waals surface area contributed by atoms with Crippen molar-refractivity contribution in [3.05, 3.63) is 81.4 Å². The lowest BCUT2D eigenvalue weighted by atomic mass is 10.0. The first-order chi connectivity index (χ1) is 11.5. The fraction of sp³-hybridized carbons (Fsp3) is 0.211. The number of hydrogen-bond donors (Lipinski definition) is 1. The monoisotopic (exact) mass is 324 g/mol. The number of nitro groups is 1. The molecule has 0 radical (unpaired) electrons. The van der Waals surface area contributed by atoms with Crippen LogP contribution in [0.3, 0.4) is 0 Å². The summed E-state index contributed by atoms with van der Waals surface area (Å²) in [5, 5.41) is 13.6. The molecule has 1 N–H and O–H groups in total. The van der Waals surface area contributed by atoms with E-state index in [1.54, 1.807) is 18.2 Å². The van der Waals surface area contributed by atoms with Crippen molar-refractivity contribution in [1.82, 2.24) is 5.32 Å². The van der Waals surface area contributed by atoms with Gasteiger partial charge in [-0.1, -0.05) is 36.8 Å². The highest BCUT2D eigenvalue weighted by Gasteiger charge is 2.10. The van der Waals surface area contributed by atoms with Crippen LogP contribution in [-0.2, 0) is 4.79 Å². The minimum Gasteiger partial charge on any atom is -0.346 e. The van der Waals surface area contributed by atoms with Gasteiger partial charge in [-0.15, -0.1) is 0 Å². The fourth-order valence-electron chi connectivity index (χ4n) is 2.32. The van der Waals surface area contributed by atoms with Gasteiger partial charge in [-0.3, -0.25) is 14.9 Å². The molecule has 124 valence electrons. The van der Waals surface area contributed by atoms with Crippen molar-refractivity contribution in [2.24, 2.45) is 0 Å². The summed E-state index contributed by atoms with van der Waals surface area (Å²) >= 11 is 0. The molecule has 2 aromatic carbocycles. The van der Waals surface area contributed by atoms with Crippen LogP contribution in [0.1, 0.15) is 36.1 Å². The number of benzene rings is 2. The molecule has 0 saturated heterocycles. The van der Waals surface area contributed by atoms with E-state index in [1.807, 2.05) is 38.1 Å². The van der Waals surface area contributed by atoms with Crippen molar-refractivity contribution < 1.29 is 9.72 Å². The van der Waals surface area contributed by atoms with Crippen molar-refractivity contribution in [3.63, 3.8) is 0 Å². The smallest absolute Gasteiger partial charge is 0.269 e. The number of amides is 1. The molecule has 24 heavy (non-hydrogen) atoms. The molecule has 5 nitrogen and oxygen atoms in total. The summed E-state index contributed by atoms with van der Waals surface area (Å²) in [5.41, 5.74) is 3.01. The molecule has 0 aliphatic carbocycles. The quantitative estimate of drug-likeness (QED) is 0.492. The Morgan fingerprint density at radius 3 is 2.33 bits per heavy atom. The molecular weight excluding hydrogens is 304 g/mol. The van der Waals surface area contributed by atoms with E-state index < -0.39 is 4.92 Å². The predicted molar refractivity (Wildman–Crippen MR) is 94.5 cm³/mol. The molecule has 0 saturated carbocycles. The topological polar surface area (TPSA) is 72.2 Å².